The molecule has 0 aromatic carbocycles. The van der Waals surface area contributed by atoms with Crippen LogP contribution in [-0.2, 0) is 6.54 Å². The van der Waals surface area contributed by atoms with E-state index in [1.54, 1.807) is 0 Å². The fourth-order valence-corrected chi connectivity index (χ4v) is 2.34. The second-order valence-corrected chi connectivity index (χ2v) is 7.46. The minimum absolute atomic E-state index is 0.352. The van der Waals surface area contributed by atoms with E-state index in [9.17, 15) is 0 Å². The topological polar surface area (TPSA) is 28.2 Å². The highest BCUT2D eigenvalue weighted by Crippen LogP contribution is 2.22. The van der Waals surface area contributed by atoms with E-state index in [0.717, 1.165) is 24.5 Å². The van der Waals surface area contributed by atoms with Crippen molar-refractivity contribution in [1.82, 2.24) is 10.3 Å². The van der Waals surface area contributed by atoms with Gasteiger partial charge in [0.15, 0.2) is 0 Å². The van der Waals surface area contributed by atoms with Crippen molar-refractivity contribution in [2.24, 2.45) is 0 Å². The molecule has 0 amide bonds. The first-order valence-corrected chi connectivity index (χ1v) is 7.34. The van der Waals surface area contributed by atoms with Crippen molar-refractivity contribution in [2.75, 3.05) is 31.3 Å². The van der Waals surface area contributed by atoms with E-state index in [4.69, 9.17) is 0 Å². The Labute approximate surface area is 115 Å². The summed E-state index contributed by atoms with van der Waals surface area (Å²) < 4.78 is 0.352. The van der Waals surface area contributed by atoms with Crippen LogP contribution >= 0.6 is 11.8 Å². The normalized spacial score (nSPS) is 11.6. The van der Waals surface area contributed by atoms with E-state index in [1.807, 2.05) is 38.1 Å². The lowest BCUT2D eigenvalue weighted by Crippen LogP contribution is -2.20. The van der Waals surface area contributed by atoms with Gasteiger partial charge in [0, 0.05) is 49.6 Å². The molecule has 102 valence electrons. The first-order valence-electron chi connectivity index (χ1n) is 6.35. The second kappa shape index (κ2) is 7.00. The molecule has 0 aliphatic heterocycles. The average Bonchev–Trinajstić information content (AvgIpc) is 2.27. The maximum atomic E-state index is 4.37. The van der Waals surface area contributed by atoms with E-state index < -0.39 is 0 Å². The molecule has 0 aliphatic carbocycles. The van der Waals surface area contributed by atoms with Crippen LogP contribution in [0, 0.1) is 0 Å². The van der Waals surface area contributed by atoms with Gasteiger partial charge in [-0.25, -0.2) is 0 Å². The second-order valence-electron chi connectivity index (χ2n) is 5.54. The van der Waals surface area contributed by atoms with Crippen LogP contribution in [-0.4, -0.2) is 36.1 Å². The minimum Gasteiger partial charge on any atom is -0.378 e. The Morgan fingerprint density at radius 2 is 2.06 bits per heavy atom. The van der Waals surface area contributed by atoms with Crippen molar-refractivity contribution in [3.8, 4) is 0 Å². The predicted octanol–water partition coefficient (Wildman–Crippen LogP) is 2.77. The Morgan fingerprint density at radius 3 is 2.67 bits per heavy atom. The highest BCUT2D eigenvalue weighted by Gasteiger charge is 2.09. The zero-order valence-electron chi connectivity index (χ0n) is 12.2. The standard InChI is InChI=1S/C14H25N3S/c1-14(2,3)18-9-8-15-11-12-10-13(17(4)5)6-7-16-12/h6-7,10,15H,8-9,11H2,1-5H3. The van der Waals surface area contributed by atoms with Gasteiger partial charge >= 0.3 is 0 Å². The van der Waals surface area contributed by atoms with Crippen molar-refractivity contribution >= 4 is 17.4 Å². The number of nitrogens with zero attached hydrogens (tertiary/aromatic N) is 2. The highest BCUT2D eigenvalue weighted by molar-refractivity contribution is 8.00. The first kappa shape index (κ1) is 15.3. The maximum Gasteiger partial charge on any atom is 0.0562 e. The van der Waals surface area contributed by atoms with Crippen molar-refractivity contribution in [1.29, 1.82) is 0 Å². The molecule has 0 bridgehead atoms. The number of hydrogen-bond donors (Lipinski definition) is 1. The Hall–Kier alpha value is -0.740. The lowest BCUT2D eigenvalue weighted by Gasteiger charge is -2.17. The van der Waals surface area contributed by atoms with Crippen LogP contribution in [0.5, 0.6) is 0 Å². The van der Waals surface area contributed by atoms with Crippen LogP contribution in [0.25, 0.3) is 0 Å². The van der Waals surface area contributed by atoms with Gasteiger partial charge in [0.05, 0.1) is 5.69 Å². The predicted molar refractivity (Wildman–Crippen MR) is 82.5 cm³/mol. The third-order valence-electron chi connectivity index (χ3n) is 2.44. The molecule has 1 aromatic heterocycles. The van der Waals surface area contributed by atoms with Crippen LogP contribution in [0.2, 0.25) is 0 Å². The molecule has 0 unspecified atom stereocenters. The SMILES string of the molecule is CN(C)c1ccnc(CNCCSC(C)(C)C)c1. The number of thioether (sulfide) groups is 1. The fraction of sp³-hybridized carbons (Fsp3) is 0.643. The summed E-state index contributed by atoms with van der Waals surface area (Å²) in [6.45, 7) is 8.61. The van der Waals surface area contributed by atoms with Crippen LogP contribution in [0.3, 0.4) is 0 Å². The van der Waals surface area contributed by atoms with Gasteiger partial charge < -0.3 is 10.2 Å². The van der Waals surface area contributed by atoms with Crippen molar-refractivity contribution in [3.63, 3.8) is 0 Å². The molecular weight excluding hydrogens is 242 g/mol. The average molecular weight is 267 g/mol. The molecule has 1 rings (SSSR count). The van der Waals surface area contributed by atoms with Gasteiger partial charge in [-0.15, -0.1) is 0 Å². The van der Waals surface area contributed by atoms with Crippen molar-refractivity contribution < 1.29 is 0 Å². The third-order valence-corrected chi connectivity index (χ3v) is 3.71. The molecule has 4 heteroatoms. The molecule has 0 fully saturated rings. The smallest absolute Gasteiger partial charge is 0.0562 e. The molecule has 0 atom stereocenters. The zero-order chi connectivity index (χ0) is 13.6. The van der Waals surface area contributed by atoms with Crippen molar-refractivity contribution in [3.05, 3.63) is 24.0 Å². The summed E-state index contributed by atoms with van der Waals surface area (Å²) in [6, 6.07) is 4.16. The highest BCUT2D eigenvalue weighted by atomic mass is 32.2. The quantitative estimate of drug-likeness (QED) is 0.802. The Kier molecular flexibility index (Phi) is 5.96. The van der Waals surface area contributed by atoms with Gasteiger partial charge in [0.1, 0.15) is 0 Å². The van der Waals surface area contributed by atoms with E-state index in [2.05, 4.69) is 42.0 Å². The molecule has 0 saturated heterocycles. The Balaban J connectivity index is 2.29. The number of pyridine rings is 1. The lowest BCUT2D eigenvalue weighted by molar-refractivity contribution is 0.710. The number of anilines is 1. The zero-order valence-corrected chi connectivity index (χ0v) is 13.0. The van der Waals surface area contributed by atoms with Gasteiger partial charge in [0.2, 0.25) is 0 Å². The minimum atomic E-state index is 0.352. The summed E-state index contributed by atoms with van der Waals surface area (Å²) in [6.07, 6.45) is 1.87. The summed E-state index contributed by atoms with van der Waals surface area (Å²) >= 11 is 1.99. The van der Waals surface area contributed by atoms with Gasteiger partial charge in [0.25, 0.3) is 0 Å². The maximum absolute atomic E-state index is 4.37. The Bertz CT molecular complexity index is 358. The van der Waals surface area contributed by atoms with Crippen LogP contribution in [0.15, 0.2) is 18.3 Å². The van der Waals surface area contributed by atoms with Crippen LogP contribution in [0.1, 0.15) is 26.5 Å². The lowest BCUT2D eigenvalue weighted by atomic mass is 10.3. The summed E-state index contributed by atoms with van der Waals surface area (Å²) in [5.41, 5.74) is 2.30. The van der Waals surface area contributed by atoms with E-state index >= 15 is 0 Å². The largest absolute Gasteiger partial charge is 0.378 e. The molecule has 0 spiro atoms. The number of hydrogen-bond acceptors (Lipinski definition) is 4. The summed E-state index contributed by atoms with van der Waals surface area (Å²) in [5.74, 6) is 1.14. The number of nitrogens with one attached hydrogen (secondary N) is 1. The Morgan fingerprint density at radius 1 is 1.33 bits per heavy atom. The fourth-order valence-electron chi connectivity index (χ4n) is 1.49. The van der Waals surface area contributed by atoms with Gasteiger partial charge in [-0.3, -0.25) is 4.98 Å². The molecule has 1 aromatic rings. The third kappa shape index (κ3) is 6.26. The molecule has 0 aliphatic rings. The van der Waals surface area contributed by atoms with E-state index in [0.29, 0.717) is 4.75 Å². The van der Waals surface area contributed by atoms with Crippen LogP contribution < -0.4 is 10.2 Å². The monoisotopic (exact) mass is 267 g/mol. The molecule has 0 saturated carbocycles. The number of rotatable bonds is 6. The summed E-state index contributed by atoms with van der Waals surface area (Å²) in [5, 5.41) is 3.44. The van der Waals surface area contributed by atoms with Gasteiger partial charge in [-0.05, 0) is 12.1 Å². The van der Waals surface area contributed by atoms with E-state index in [-0.39, 0.29) is 0 Å². The summed E-state index contributed by atoms with van der Waals surface area (Å²) in [4.78, 5) is 6.47. The van der Waals surface area contributed by atoms with E-state index in [1.165, 1.54) is 5.69 Å². The molecular formula is C14H25N3S. The van der Waals surface area contributed by atoms with Crippen LogP contribution in [0.4, 0.5) is 5.69 Å². The van der Waals surface area contributed by atoms with Gasteiger partial charge in [-0.2, -0.15) is 11.8 Å². The van der Waals surface area contributed by atoms with Crippen molar-refractivity contribution in [2.45, 2.75) is 32.1 Å². The molecule has 1 N–H and O–H groups in total. The molecule has 0 radical (unpaired) electrons. The molecule has 1 heterocycles. The molecule has 18 heavy (non-hydrogen) atoms. The van der Waals surface area contributed by atoms with Gasteiger partial charge in [-0.1, -0.05) is 20.8 Å². The number of aromatic nitrogens is 1. The molecule has 3 nitrogen and oxygen atoms in total. The first-order chi connectivity index (χ1) is 8.38. The summed E-state index contributed by atoms with van der Waals surface area (Å²) in [7, 11) is 4.10.